The van der Waals surface area contributed by atoms with Crippen molar-refractivity contribution in [3.8, 4) is 0 Å². The molecular formula is C17H16N4O4S. The minimum absolute atomic E-state index is 0.194. The van der Waals surface area contributed by atoms with E-state index in [2.05, 4.69) is 20.4 Å². The third-order valence-electron chi connectivity index (χ3n) is 4.18. The van der Waals surface area contributed by atoms with Crippen LogP contribution < -0.4 is 10.2 Å². The highest BCUT2D eigenvalue weighted by atomic mass is 32.1. The summed E-state index contributed by atoms with van der Waals surface area (Å²) in [4.78, 5) is 25.9. The molecule has 1 aliphatic rings. The Morgan fingerprint density at radius 2 is 1.96 bits per heavy atom. The van der Waals surface area contributed by atoms with E-state index in [1.807, 2.05) is 12.1 Å². The Labute approximate surface area is 152 Å². The monoisotopic (exact) mass is 372 g/mol. The number of carbonyl (C=O) groups is 2. The summed E-state index contributed by atoms with van der Waals surface area (Å²) in [6.45, 7) is 3.08. The van der Waals surface area contributed by atoms with Gasteiger partial charge in [-0.2, -0.15) is 5.10 Å². The Balaban J connectivity index is 1.50. The van der Waals surface area contributed by atoms with Gasteiger partial charge in [-0.1, -0.05) is 0 Å². The number of anilines is 2. The van der Waals surface area contributed by atoms with Crippen molar-refractivity contribution in [2.75, 3.05) is 36.5 Å². The number of carbonyl (C=O) groups excluding carboxylic acids is 1. The maximum atomic E-state index is 12.5. The molecule has 0 aliphatic carbocycles. The van der Waals surface area contributed by atoms with E-state index in [0.29, 0.717) is 34.8 Å². The lowest BCUT2D eigenvalue weighted by molar-refractivity contribution is 0.0702. The van der Waals surface area contributed by atoms with Gasteiger partial charge in [0.2, 0.25) is 0 Å². The van der Waals surface area contributed by atoms with Gasteiger partial charge in [0.15, 0.2) is 5.82 Å². The molecule has 0 bridgehead atoms. The van der Waals surface area contributed by atoms with Gasteiger partial charge in [0.05, 0.1) is 23.4 Å². The number of benzene rings is 1. The fourth-order valence-electron chi connectivity index (χ4n) is 2.83. The second-order valence-electron chi connectivity index (χ2n) is 5.83. The number of carboxylic acids is 1. The molecule has 1 aromatic carbocycles. The van der Waals surface area contributed by atoms with Crippen LogP contribution in [0.5, 0.6) is 0 Å². The van der Waals surface area contributed by atoms with E-state index in [0.717, 1.165) is 30.1 Å². The van der Waals surface area contributed by atoms with Crippen LogP contribution in [-0.2, 0) is 4.74 Å². The fourth-order valence-corrected chi connectivity index (χ4v) is 3.72. The van der Waals surface area contributed by atoms with Crippen molar-refractivity contribution >= 4 is 44.9 Å². The Hall–Kier alpha value is -2.91. The molecule has 1 fully saturated rings. The van der Waals surface area contributed by atoms with Crippen LogP contribution in [0.2, 0.25) is 0 Å². The largest absolute Gasteiger partial charge is 0.477 e. The van der Waals surface area contributed by atoms with Crippen LogP contribution in [0.4, 0.5) is 11.5 Å². The molecule has 26 heavy (non-hydrogen) atoms. The highest BCUT2D eigenvalue weighted by molar-refractivity contribution is 7.21. The smallest absolute Gasteiger partial charge is 0.345 e. The quantitative estimate of drug-likeness (QED) is 0.649. The number of ether oxygens (including phenoxy) is 1. The van der Waals surface area contributed by atoms with Crippen LogP contribution in [0.3, 0.4) is 0 Å². The third kappa shape index (κ3) is 3.14. The van der Waals surface area contributed by atoms with Gasteiger partial charge < -0.3 is 20.1 Å². The molecule has 3 aromatic rings. The number of hydrogen-bond donors (Lipinski definition) is 3. The van der Waals surface area contributed by atoms with E-state index in [1.165, 1.54) is 6.07 Å². The van der Waals surface area contributed by atoms with Crippen molar-refractivity contribution in [1.29, 1.82) is 0 Å². The van der Waals surface area contributed by atoms with E-state index < -0.39 is 5.97 Å². The summed E-state index contributed by atoms with van der Waals surface area (Å²) in [5, 5.41) is 18.6. The number of hydrogen-bond acceptors (Lipinski definition) is 6. The number of morpholine rings is 1. The number of nitrogens with zero attached hydrogens (tertiary/aromatic N) is 2. The molecule has 9 heteroatoms. The van der Waals surface area contributed by atoms with Gasteiger partial charge in [0, 0.05) is 24.3 Å². The molecule has 0 saturated carbocycles. The SMILES string of the molecule is O=C(Nc1n[nH]c2cc(C(=O)O)sc12)c1ccc(N2CCOCC2)cc1. The molecular weight excluding hydrogens is 356 g/mol. The summed E-state index contributed by atoms with van der Waals surface area (Å²) in [5.74, 6) is -0.965. The molecule has 8 nitrogen and oxygen atoms in total. The van der Waals surface area contributed by atoms with Crippen molar-refractivity contribution in [1.82, 2.24) is 10.2 Å². The van der Waals surface area contributed by atoms with Crippen molar-refractivity contribution in [2.24, 2.45) is 0 Å². The summed E-state index contributed by atoms with van der Waals surface area (Å²) in [5.41, 5.74) is 2.15. The van der Waals surface area contributed by atoms with Gasteiger partial charge in [0.25, 0.3) is 5.91 Å². The Morgan fingerprint density at radius 3 is 2.65 bits per heavy atom. The average molecular weight is 372 g/mol. The number of H-pyrrole nitrogens is 1. The Kier molecular flexibility index (Phi) is 4.31. The minimum Gasteiger partial charge on any atom is -0.477 e. The van der Waals surface area contributed by atoms with E-state index in [1.54, 1.807) is 12.1 Å². The minimum atomic E-state index is -1.00. The van der Waals surface area contributed by atoms with Crippen LogP contribution in [0, 0.1) is 0 Å². The number of aromatic nitrogens is 2. The second-order valence-corrected chi connectivity index (χ2v) is 6.88. The second kappa shape index (κ2) is 6.77. The first-order valence-electron chi connectivity index (χ1n) is 8.07. The lowest BCUT2D eigenvalue weighted by Crippen LogP contribution is -2.36. The molecule has 0 unspecified atom stereocenters. The lowest BCUT2D eigenvalue weighted by atomic mass is 10.1. The molecule has 0 radical (unpaired) electrons. The number of aromatic carboxylic acids is 1. The zero-order valence-corrected chi connectivity index (χ0v) is 14.5. The standard InChI is InChI=1S/C17H16N4O4S/c22-16(10-1-3-11(4-2-10)21-5-7-25-8-6-21)18-15-14-12(19-20-15)9-13(26-14)17(23)24/h1-4,9H,5-8H2,(H,23,24)(H2,18,19,20,22). The number of rotatable bonds is 4. The molecule has 3 N–H and O–H groups in total. The van der Waals surface area contributed by atoms with Crippen LogP contribution >= 0.6 is 11.3 Å². The van der Waals surface area contributed by atoms with Crippen LogP contribution in [0.25, 0.3) is 10.2 Å². The average Bonchev–Trinajstić information content (AvgIpc) is 3.25. The van der Waals surface area contributed by atoms with Gasteiger partial charge in [-0.15, -0.1) is 11.3 Å². The van der Waals surface area contributed by atoms with E-state index >= 15 is 0 Å². The third-order valence-corrected chi connectivity index (χ3v) is 5.31. The summed E-state index contributed by atoms with van der Waals surface area (Å²) < 4.78 is 5.95. The normalized spacial score (nSPS) is 14.5. The van der Waals surface area contributed by atoms with Gasteiger partial charge >= 0.3 is 5.97 Å². The van der Waals surface area contributed by atoms with Crippen LogP contribution in [-0.4, -0.2) is 53.5 Å². The van der Waals surface area contributed by atoms with Gasteiger partial charge in [-0.3, -0.25) is 9.89 Å². The van der Waals surface area contributed by atoms with Crippen molar-refractivity contribution in [2.45, 2.75) is 0 Å². The maximum absolute atomic E-state index is 12.5. The first-order chi connectivity index (χ1) is 12.6. The van der Waals surface area contributed by atoms with Gasteiger partial charge in [-0.25, -0.2) is 4.79 Å². The van der Waals surface area contributed by atoms with Gasteiger partial charge in [0.1, 0.15) is 4.88 Å². The van der Waals surface area contributed by atoms with Crippen molar-refractivity contribution in [3.05, 3.63) is 40.8 Å². The first kappa shape index (κ1) is 16.6. The predicted octanol–water partition coefficient (Wildman–Crippen LogP) is 2.41. The zero-order valence-electron chi connectivity index (χ0n) is 13.7. The Morgan fingerprint density at radius 1 is 1.23 bits per heavy atom. The van der Waals surface area contributed by atoms with Crippen molar-refractivity contribution in [3.63, 3.8) is 0 Å². The zero-order chi connectivity index (χ0) is 18.1. The molecule has 134 valence electrons. The highest BCUT2D eigenvalue weighted by Gasteiger charge is 2.17. The first-order valence-corrected chi connectivity index (χ1v) is 8.89. The van der Waals surface area contributed by atoms with Crippen LogP contribution in [0.1, 0.15) is 20.0 Å². The fraction of sp³-hybridized carbons (Fsp3) is 0.235. The molecule has 1 aliphatic heterocycles. The predicted molar refractivity (Wildman–Crippen MR) is 98.4 cm³/mol. The summed E-state index contributed by atoms with van der Waals surface area (Å²) in [6.07, 6.45) is 0. The highest BCUT2D eigenvalue weighted by Crippen LogP contribution is 2.30. The summed E-state index contributed by atoms with van der Waals surface area (Å²) >= 11 is 1.07. The molecule has 1 amide bonds. The molecule has 0 spiro atoms. The number of aromatic amines is 1. The number of fused-ring (bicyclic) bond motifs is 1. The number of carboxylic acid groups (broad SMARTS) is 1. The molecule has 0 atom stereocenters. The van der Waals surface area contributed by atoms with Gasteiger partial charge in [-0.05, 0) is 30.3 Å². The van der Waals surface area contributed by atoms with E-state index in [4.69, 9.17) is 9.84 Å². The number of thiophene rings is 1. The number of amides is 1. The summed E-state index contributed by atoms with van der Waals surface area (Å²) in [6, 6.07) is 8.85. The topological polar surface area (TPSA) is 108 Å². The van der Waals surface area contributed by atoms with Crippen molar-refractivity contribution < 1.29 is 19.4 Å². The van der Waals surface area contributed by atoms with E-state index in [9.17, 15) is 9.59 Å². The number of nitrogens with one attached hydrogen (secondary N) is 2. The molecule has 2 aromatic heterocycles. The lowest BCUT2D eigenvalue weighted by Gasteiger charge is -2.28. The van der Waals surface area contributed by atoms with Crippen LogP contribution in [0.15, 0.2) is 30.3 Å². The molecule has 4 rings (SSSR count). The Bertz CT molecular complexity index is 957. The molecule has 3 heterocycles. The summed E-state index contributed by atoms with van der Waals surface area (Å²) in [7, 11) is 0. The van der Waals surface area contributed by atoms with E-state index in [-0.39, 0.29) is 10.8 Å². The maximum Gasteiger partial charge on any atom is 0.345 e. The molecule has 1 saturated heterocycles.